The Balaban J connectivity index is 2.54. The maximum Gasteiger partial charge on any atom is 0.0877 e. The number of rotatable bonds is 6. The van der Waals surface area contributed by atoms with E-state index in [4.69, 9.17) is 0 Å². The van der Waals surface area contributed by atoms with E-state index >= 15 is 0 Å². The van der Waals surface area contributed by atoms with Crippen LogP contribution in [0.1, 0.15) is 11.1 Å². The summed E-state index contributed by atoms with van der Waals surface area (Å²) in [5.74, 6) is 0. The molecule has 0 atom stereocenters. The zero-order chi connectivity index (χ0) is 13.6. The highest BCUT2D eigenvalue weighted by Gasteiger charge is 2.29. The van der Waals surface area contributed by atoms with Crippen molar-refractivity contribution in [3.05, 3.63) is 97.1 Å². The van der Waals surface area contributed by atoms with Gasteiger partial charge in [-0.3, -0.25) is 5.32 Å². The maximum atomic E-state index is 4.04. The van der Waals surface area contributed by atoms with Crippen LogP contribution in [0.5, 0.6) is 0 Å². The van der Waals surface area contributed by atoms with Crippen molar-refractivity contribution in [2.75, 3.05) is 6.54 Å². The summed E-state index contributed by atoms with van der Waals surface area (Å²) in [5, 5.41) is 3.53. The zero-order valence-corrected chi connectivity index (χ0v) is 11.0. The topological polar surface area (TPSA) is 12.0 Å². The second kappa shape index (κ2) is 6.17. The van der Waals surface area contributed by atoms with Gasteiger partial charge in [0.25, 0.3) is 0 Å². The van der Waals surface area contributed by atoms with Crippen molar-refractivity contribution in [3.63, 3.8) is 0 Å². The van der Waals surface area contributed by atoms with Crippen molar-refractivity contribution in [3.8, 4) is 0 Å². The highest BCUT2D eigenvalue weighted by Crippen LogP contribution is 2.30. The van der Waals surface area contributed by atoms with Crippen LogP contribution < -0.4 is 5.32 Å². The molecular formula is C18H19N. The van der Waals surface area contributed by atoms with E-state index in [1.165, 1.54) is 11.1 Å². The fraction of sp³-hybridized carbons (Fsp3) is 0.111. The van der Waals surface area contributed by atoms with Gasteiger partial charge in [0, 0.05) is 6.54 Å². The summed E-state index contributed by atoms with van der Waals surface area (Å²) in [5.41, 5.74) is 1.98. The summed E-state index contributed by atoms with van der Waals surface area (Å²) in [4.78, 5) is 0. The van der Waals surface area contributed by atoms with E-state index in [2.05, 4.69) is 42.7 Å². The first-order valence-corrected chi connectivity index (χ1v) is 6.44. The van der Waals surface area contributed by atoms with Crippen LogP contribution in [-0.4, -0.2) is 6.54 Å². The lowest BCUT2D eigenvalue weighted by molar-refractivity contribution is 0.521. The molecule has 0 aliphatic carbocycles. The van der Waals surface area contributed by atoms with E-state index in [1.54, 1.807) is 0 Å². The molecule has 0 radical (unpaired) electrons. The lowest BCUT2D eigenvalue weighted by Gasteiger charge is -2.33. The van der Waals surface area contributed by atoms with Crippen LogP contribution in [0.15, 0.2) is 86.0 Å². The van der Waals surface area contributed by atoms with Gasteiger partial charge >= 0.3 is 0 Å². The third-order valence-electron chi connectivity index (χ3n) is 3.29. The van der Waals surface area contributed by atoms with E-state index in [9.17, 15) is 0 Å². The summed E-state index contributed by atoms with van der Waals surface area (Å²) < 4.78 is 0. The molecule has 0 aliphatic heterocycles. The molecule has 1 heteroatoms. The van der Waals surface area contributed by atoms with Crippen LogP contribution in [0.4, 0.5) is 0 Å². The van der Waals surface area contributed by atoms with Crippen molar-refractivity contribution in [1.82, 2.24) is 5.32 Å². The van der Waals surface area contributed by atoms with Gasteiger partial charge in [-0.2, -0.15) is 0 Å². The molecule has 2 rings (SSSR count). The second-order valence-electron chi connectivity index (χ2n) is 4.41. The molecule has 1 nitrogen and oxygen atoms in total. The first-order valence-electron chi connectivity index (χ1n) is 6.44. The second-order valence-corrected chi connectivity index (χ2v) is 4.41. The highest BCUT2D eigenvalue weighted by molar-refractivity contribution is 5.43. The van der Waals surface area contributed by atoms with Crippen LogP contribution in [0, 0.1) is 0 Å². The summed E-state index contributed by atoms with van der Waals surface area (Å²) in [6.45, 7) is 8.55. The first-order chi connectivity index (χ1) is 9.33. The average Bonchev–Trinajstić information content (AvgIpc) is 2.51. The van der Waals surface area contributed by atoms with Gasteiger partial charge in [0.1, 0.15) is 0 Å². The molecule has 2 aromatic carbocycles. The van der Waals surface area contributed by atoms with Crippen molar-refractivity contribution in [2.45, 2.75) is 5.54 Å². The zero-order valence-electron chi connectivity index (χ0n) is 11.0. The first kappa shape index (κ1) is 13.3. The standard InChI is InChI=1S/C18H19N/c1-3-15-19-18(4-2,16-11-7-5-8-12-16)17-13-9-6-10-14-17/h3-14,19H,1-2,15H2. The van der Waals surface area contributed by atoms with Crippen molar-refractivity contribution in [2.24, 2.45) is 0 Å². The van der Waals surface area contributed by atoms with Gasteiger partial charge in [0.15, 0.2) is 0 Å². The molecule has 0 aromatic heterocycles. The van der Waals surface area contributed by atoms with E-state index in [0.29, 0.717) is 0 Å². The summed E-state index contributed by atoms with van der Waals surface area (Å²) >= 11 is 0. The fourth-order valence-electron chi connectivity index (χ4n) is 2.31. The van der Waals surface area contributed by atoms with Crippen molar-refractivity contribution in [1.29, 1.82) is 0 Å². The molecule has 0 fully saturated rings. The molecule has 0 saturated heterocycles. The third-order valence-corrected chi connectivity index (χ3v) is 3.29. The number of nitrogens with one attached hydrogen (secondary N) is 1. The number of benzene rings is 2. The normalized spacial score (nSPS) is 10.9. The van der Waals surface area contributed by atoms with E-state index in [-0.39, 0.29) is 5.54 Å². The molecule has 1 N–H and O–H groups in total. The van der Waals surface area contributed by atoms with Crippen LogP contribution in [0.2, 0.25) is 0 Å². The van der Waals surface area contributed by atoms with Gasteiger partial charge in [-0.15, -0.1) is 13.2 Å². The van der Waals surface area contributed by atoms with Gasteiger partial charge in [-0.25, -0.2) is 0 Å². The fourth-order valence-corrected chi connectivity index (χ4v) is 2.31. The molecule has 0 saturated carbocycles. The predicted molar refractivity (Wildman–Crippen MR) is 82.1 cm³/mol. The molecule has 0 amide bonds. The molecule has 0 heterocycles. The molecule has 19 heavy (non-hydrogen) atoms. The van der Waals surface area contributed by atoms with Crippen molar-refractivity contribution < 1.29 is 0 Å². The Bertz CT molecular complexity index is 489. The predicted octanol–water partition coefficient (Wildman–Crippen LogP) is 3.89. The Morgan fingerprint density at radius 2 is 1.32 bits per heavy atom. The largest absolute Gasteiger partial charge is 0.297 e. The average molecular weight is 249 g/mol. The Kier molecular flexibility index (Phi) is 4.32. The summed E-state index contributed by atoms with van der Waals surface area (Å²) in [6, 6.07) is 20.7. The highest BCUT2D eigenvalue weighted by atomic mass is 15.0. The Morgan fingerprint density at radius 3 is 1.68 bits per heavy atom. The summed E-state index contributed by atoms with van der Waals surface area (Å²) in [7, 11) is 0. The summed E-state index contributed by atoms with van der Waals surface area (Å²) in [6.07, 6.45) is 3.82. The van der Waals surface area contributed by atoms with E-state index in [1.807, 2.05) is 48.6 Å². The Labute approximate surface area is 115 Å². The molecule has 96 valence electrons. The molecule has 0 unspecified atom stereocenters. The minimum atomic E-state index is -0.378. The lowest BCUT2D eigenvalue weighted by atomic mass is 9.83. The molecule has 0 aliphatic rings. The third kappa shape index (κ3) is 2.67. The Hall–Kier alpha value is -2.12. The molecular weight excluding hydrogens is 230 g/mol. The SMILES string of the molecule is C=CCNC(C=C)(c1ccccc1)c1ccccc1. The minimum Gasteiger partial charge on any atom is -0.297 e. The van der Waals surface area contributed by atoms with Crippen LogP contribution in [0.25, 0.3) is 0 Å². The molecule has 0 bridgehead atoms. The van der Waals surface area contributed by atoms with Gasteiger partial charge in [-0.1, -0.05) is 72.8 Å². The Morgan fingerprint density at radius 1 is 0.842 bits per heavy atom. The monoisotopic (exact) mass is 249 g/mol. The van der Waals surface area contributed by atoms with Gasteiger partial charge in [0.2, 0.25) is 0 Å². The maximum absolute atomic E-state index is 4.04. The van der Waals surface area contributed by atoms with E-state index < -0.39 is 0 Å². The molecule has 2 aromatic rings. The van der Waals surface area contributed by atoms with Crippen LogP contribution in [0.3, 0.4) is 0 Å². The van der Waals surface area contributed by atoms with Crippen molar-refractivity contribution >= 4 is 0 Å². The lowest BCUT2D eigenvalue weighted by Crippen LogP contribution is -2.41. The number of hydrogen-bond acceptors (Lipinski definition) is 1. The van der Waals surface area contributed by atoms with Gasteiger partial charge in [-0.05, 0) is 11.1 Å². The van der Waals surface area contributed by atoms with Crippen LogP contribution >= 0.6 is 0 Å². The van der Waals surface area contributed by atoms with Gasteiger partial charge < -0.3 is 0 Å². The quantitative estimate of drug-likeness (QED) is 0.766. The van der Waals surface area contributed by atoms with E-state index in [0.717, 1.165) is 6.54 Å². The number of hydrogen-bond donors (Lipinski definition) is 1. The smallest absolute Gasteiger partial charge is 0.0877 e. The molecule has 0 spiro atoms. The van der Waals surface area contributed by atoms with Crippen LogP contribution in [-0.2, 0) is 5.54 Å². The van der Waals surface area contributed by atoms with Gasteiger partial charge in [0.05, 0.1) is 5.54 Å². The minimum absolute atomic E-state index is 0.378.